The number of nitrogens with zero attached hydrogens (tertiary/aromatic N) is 2. The largest absolute Gasteiger partial charge is 0.396 e. The maximum atomic E-state index is 5.85. The number of nitrogen functional groups attached to an aromatic ring is 1. The molecular weight excluding hydrogens is 280 g/mol. The average molecular weight is 293 g/mol. The van der Waals surface area contributed by atoms with Crippen LogP contribution in [0.4, 0.5) is 11.4 Å². The van der Waals surface area contributed by atoms with E-state index in [4.69, 9.17) is 5.73 Å². The molecule has 2 aromatic rings. The first kappa shape index (κ1) is 11.9. The molecule has 0 unspecified atom stereocenters. The third kappa shape index (κ3) is 2.74. The van der Waals surface area contributed by atoms with Crippen molar-refractivity contribution < 1.29 is 0 Å². The summed E-state index contributed by atoms with van der Waals surface area (Å²) in [7, 11) is 0. The summed E-state index contributed by atoms with van der Waals surface area (Å²) in [6, 6.07) is 3.96. The zero-order valence-electron chi connectivity index (χ0n) is 9.44. The van der Waals surface area contributed by atoms with Crippen LogP contribution in [-0.2, 0) is 6.54 Å². The first-order valence-electron chi connectivity index (χ1n) is 5.22. The molecule has 0 bridgehead atoms. The third-order valence-electron chi connectivity index (χ3n) is 2.48. The lowest BCUT2D eigenvalue weighted by Crippen LogP contribution is -2.06. The summed E-state index contributed by atoms with van der Waals surface area (Å²) in [5.41, 5.74) is 9.48. The van der Waals surface area contributed by atoms with Crippen LogP contribution in [0.2, 0.25) is 0 Å². The van der Waals surface area contributed by atoms with Crippen molar-refractivity contribution in [1.29, 1.82) is 0 Å². The minimum atomic E-state index is 0.618. The van der Waals surface area contributed by atoms with E-state index >= 15 is 0 Å². The fraction of sp³-hybridized carbons (Fsp3) is 0.167. The van der Waals surface area contributed by atoms with Gasteiger partial charge in [0.1, 0.15) is 0 Å². The topological polar surface area (TPSA) is 63.8 Å². The molecule has 0 aromatic carbocycles. The summed E-state index contributed by atoms with van der Waals surface area (Å²) in [4.78, 5) is 8.31. The van der Waals surface area contributed by atoms with Crippen LogP contribution in [-0.4, -0.2) is 9.97 Å². The zero-order valence-corrected chi connectivity index (χ0v) is 11.0. The molecule has 0 aliphatic carbocycles. The van der Waals surface area contributed by atoms with E-state index in [9.17, 15) is 0 Å². The lowest BCUT2D eigenvalue weighted by Gasteiger charge is -2.11. The fourth-order valence-electron chi connectivity index (χ4n) is 1.51. The minimum Gasteiger partial charge on any atom is -0.396 e. The highest BCUT2D eigenvalue weighted by Crippen LogP contribution is 2.27. The van der Waals surface area contributed by atoms with Gasteiger partial charge >= 0.3 is 0 Å². The molecule has 5 heteroatoms. The molecule has 0 saturated heterocycles. The molecule has 0 aliphatic heterocycles. The van der Waals surface area contributed by atoms with Gasteiger partial charge < -0.3 is 11.1 Å². The second kappa shape index (κ2) is 5.14. The molecular formula is C12H13BrN4. The molecule has 0 spiro atoms. The monoisotopic (exact) mass is 292 g/mol. The zero-order chi connectivity index (χ0) is 12.3. The van der Waals surface area contributed by atoms with Crippen LogP contribution in [0.3, 0.4) is 0 Å². The van der Waals surface area contributed by atoms with Crippen LogP contribution in [0.5, 0.6) is 0 Å². The maximum Gasteiger partial charge on any atom is 0.0753 e. The van der Waals surface area contributed by atoms with Crippen LogP contribution < -0.4 is 11.1 Å². The molecule has 0 aliphatic rings. The number of hydrogen-bond donors (Lipinski definition) is 2. The van der Waals surface area contributed by atoms with Gasteiger partial charge in [0, 0.05) is 12.4 Å². The summed E-state index contributed by atoms with van der Waals surface area (Å²) in [5.74, 6) is 0. The van der Waals surface area contributed by atoms with Crippen LogP contribution in [0.25, 0.3) is 0 Å². The Balaban J connectivity index is 2.16. The standard InChI is InChI=1S/C12H13BrN4/c1-8-3-2-4-16-11(8)7-17-12-9(13)5-15-6-10(12)14/h2-6H,7,14H2,1H3,(H,15,17). The van der Waals surface area contributed by atoms with Crippen molar-refractivity contribution in [1.82, 2.24) is 9.97 Å². The van der Waals surface area contributed by atoms with Gasteiger partial charge in [-0.25, -0.2) is 0 Å². The summed E-state index contributed by atoms with van der Waals surface area (Å²) in [6.07, 6.45) is 5.12. The molecule has 0 radical (unpaired) electrons. The molecule has 3 N–H and O–H groups in total. The molecule has 88 valence electrons. The molecule has 0 amide bonds. The highest BCUT2D eigenvalue weighted by molar-refractivity contribution is 9.10. The number of anilines is 2. The van der Waals surface area contributed by atoms with E-state index in [0.717, 1.165) is 21.4 Å². The van der Waals surface area contributed by atoms with Gasteiger partial charge in [0.2, 0.25) is 0 Å². The number of pyridine rings is 2. The first-order valence-corrected chi connectivity index (χ1v) is 6.01. The number of aryl methyl sites for hydroxylation is 1. The van der Waals surface area contributed by atoms with Gasteiger partial charge in [-0.2, -0.15) is 0 Å². The smallest absolute Gasteiger partial charge is 0.0753 e. The lowest BCUT2D eigenvalue weighted by molar-refractivity contribution is 1.02. The predicted octanol–water partition coefficient (Wildman–Crippen LogP) is 2.74. The van der Waals surface area contributed by atoms with Gasteiger partial charge in [0.25, 0.3) is 0 Å². The Kier molecular flexibility index (Phi) is 3.58. The van der Waals surface area contributed by atoms with Crippen molar-refractivity contribution in [2.45, 2.75) is 13.5 Å². The molecule has 0 fully saturated rings. The van der Waals surface area contributed by atoms with Crippen LogP contribution in [0, 0.1) is 6.92 Å². The van der Waals surface area contributed by atoms with Gasteiger partial charge in [-0.05, 0) is 34.5 Å². The van der Waals surface area contributed by atoms with Gasteiger partial charge in [-0.1, -0.05) is 6.07 Å². The van der Waals surface area contributed by atoms with Crippen LogP contribution >= 0.6 is 15.9 Å². The molecule has 4 nitrogen and oxygen atoms in total. The maximum absolute atomic E-state index is 5.85. The van der Waals surface area contributed by atoms with Crippen molar-refractivity contribution >= 4 is 27.3 Å². The van der Waals surface area contributed by atoms with E-state index in [1.165, 1.54) is 0 Å². The lowest BCUT2D eigenvalue weighted by atomic mass is 10.2. The van der Waals surface area contributed by atoms with Gasteiger partial charge in [-0.3, -0.25) is 9.97 Å². The number of halogens is 1. The van der Waals surface area contributed by atoms with Gasteiger partial charge in [-0.15, -0.1) is 0 Å². The SMILES string of the molecule is Cc1cccnc1CNc1c(N)cncc1Br. The van der Waals surface area contributed by atoms with E-state index in [2.05, 4.69) is 31.2 Å². The Morgan fingerprint density at radius 2 is 2.24 bits per heavy atom. The molecule has 0 atom stereocenters. The number of rotatable bonds is 3. The summed E-state index contributed by atoms with van der Waals surface area (Å²) >= 11 is 3.41. The predicted molar refractivity (Wildman–Crippen MR) is 72.7 cm³/mol. The van der Waals surface area contributed by atoms with Gasteiger partial charge in [0.05, 0.1) is 34.3 Å². The van der Waals surface area contributed by atoms with E-state index < -0.39 is 0 Å². The van der Waals surface area contributed by atoms with E-state index in [0.29, 0.717) is 12.2 Å². The number of nitrogens with one attached hydrogen (secondary N) is 1. The number of hydrogen-bond acceptors (Lipinski definition) is 4. The number of aromatic nitrogens is 2. The highest BCUT2D eigenvalue weighted by atomic mass is 79.9. The second-order valence-electron chi connectivity index (χ2n) is 3.71. The van der Waals surface area contributed by atoms with E-state index in [1.807, 2.05) is 19.1 Å². The Morgan fingerprint density at radius 3 is 2.94 bits per heavy atom. The number of nitrogens with two attached hydrogens (primary N) is 1. The van der Waals surface area contributed by atoms with Gasteiger partial charge in [0.15, 0.2) is 0 Å². The summed E-state index contributed by atoms with van der Waals surface area (Å²) in [5, 5.41) is 3.26. The molecule has 2 rings (SSSR count). The summed E-state index contributed by atoms with van der Waals surface area (Å²) < 4.78 is 0.853. The quantitative estimate of drug-likeness (QED) is 0.913. The third-order valence-corrected chi connectivity index (χ3v) is 3.08. The molecule has 0 saturated carbocycles. The van der Waals surface area contributed by atoms with Crippen molar-refractivity contribution in [3.63, 3.8) is 0 Å². The minimum absolute atomic E-state index is 0.618. The van der Waals surface area contributed by atoms with Crippen molar-refractivity contribution in [2.24, 2.45) is 0 Å². The molecule has 2 heterocycles. The Bertz CT molecular complexity index is 507. The first-order chi connectivity index (χ1) is 8.18. The Morgan fingerprint density at radius 1 is 1.41 bits per heavy atom. The van der Waals surface area contributed by atoms with Crippen molar-refractivity contribution in [3.8, 4) is 0 Å². The average Bonchev–Trinajstić information content (AvgIpc) is 2.30. The Hall–Kier alpha value is -1.62. The molecule has 17 heavy (non-hydrogen) atoms. The van der Waals surface area contributed by atoms with Crippen molar-refractivity contribution in [3.05, 3.63) is 46.5 Å². The molecule has 2 aromatic heterocycles. The van der Waals surface area contributed by atoms with E-state index in [-0.39, 0.29) is 0 Å². The van der Waals surface area contributed by atoms with Crippen molar-refractivity contribution in [2.75, 3.05) is 11.1 Å². The van der Waals surface area contributed by atoms with E-state index in [1.54, 1.807) is 18.6 Å². The fourth-order valence-corrected chi connectivity index (χ4v) is 2.00. The van der Waals surface area contributed by atoms with Crippen LogP contribution in [0.1, 0.15) is 11.3 Å². The summed E-state index contributed by atoms with van der Waals surface area (Å²) in [6.45, 7) is 2.68. The highest BCUT2D eigenvalue weighted by Gasteiger charge is 2.05. The normalized spacial score (nSPS) is 10.2. The Labute approximate surface area is 108 Å². The second-order valence-corrected chi connectivity index (χ2v) is 4.56. The van der Waals surface area contributed by atoms with Crippen LogP contribution in [0.15, 0.2) is 35.2 Å².